The van der Waals surface area contributed by atoms with Crippen molar-refractivity contribution >= 4 is 47.2 Å². The molecule has 0 amide bonds. The van der Waals surface area contributed by atoms with Gasteiger partial charge in [0.05, 0.1) is 0 Å². The van der Waals surface area contributed by atoms with E-state index in [1.807, 2.05) is 0 Å². The van der Waals surface area contributed by atoms with E-state index in [1.54, 1.807) is 12.8 Å². The van der Waals surface area contributed by atoms with Crippen LogP contribution in [0.5, 0.6) is 0 Å². The summed E-state index contributed by atoms with van der Waals surface area (Å²) >= 11 is 1.24. The third-order valence-electron chi connectivity index (χ3n) is 1.98. The van der Waals surface area contributed by atoms with Gasteiger partial charge < -0.3 is 0 Å². The van der Waals surface area contributed by atoms with Crippen LogP contribution in [0.15, 0.2) is 35.3 Å². The molecule has 0 atom stereocenters. The molecule has 0 spiro atoms. The molecule has 2 heterocycles. The first kappa shape index (κ1) is 7.17. The number of rotatable bonds is 0. The van der Waals surface area contributed by atoms with Gasteiger partial charge in [0.2, 0.25) is 0 Å². The van der Waals surface area contributed by atoms with E-state index in [0.29, 0.717) is 29.0 Å². The van der Waals surface area contributed by atoms with E-state index in [1.165, 1.54) is 5.39 Å². The Hall–Kier alpha value is -0.261. The molecule has 0 saturated carbocycles. The van der Waals surface area contributed by atoms with Crippen LogP contribution in [0.2, 0.25) is 0 Å². The SMILES string of the molecule is c1ccc2c(c1)[se]c1cc[se]c12. The van der Waals surface area contributed by atoms with Gasteiger partial charge in [0, 0.05) is 0 Å². The molecule has 0 bridgehead atoms. The van der Waals surface area contributed by atoms with Crippen molar-refractivity contribution in [2.24, 2.45) is 0 Å². The minimum atomic E-state index is 0.612. The van der Waals surface area contributed by atoms with Crippen LogP contribution in [0.4, 0.5) is 0 Å². The van der Waals surface area contributed by atoms with Crippen LogP contribution >= 0.6 is 0 Å². The van der Waals surface area contributed by atoms with E-state index in [4.69, 9.17) is 0 Å². The van der Waals surface area contributed by atoms with Gasteiger partial charge in [-0.15, -0.1) is 0 Å². The fourth-order valence-corrected chi connectivity index (χ4v) is 7.02. The molecule has 0 saturated heterocycles. The van der Waals surface area contributed by atoms with Gasteiger partial charge >= 0.3 is 82.4 Å². The van der Waals surface area contributed by atoms with Crippen molar-refractivity contribution in [3.05, 3.63) is 35.3 Å². The predicted octanol–water partition coefficient (Wildman–Crippen LogP) is 2.11. The van der Waals surface area contributed by atoms with Crippen molar-refractivity contribution in [3.63, 3.8) is 0 Å². The molecule has 2 aromatic heterocycles. The molecule has 3 rings (SSSR count). The van der Waals surface area contributed by atoms with Crippen LogP contribution in [0.25, 0.3) is 18.2 Å². The zero-order chi connectivity index (χ0) is 7.97. The molecule has 1 aromatic carbocycles. The molecule has 58 valence electrons. The van der Waals surface area contributed by atoms with Gasteiger partial charge in [-0.25, -0.2) is 0 Å². The van der Waals surface area contributed by atoms with Crippen LogP contribution in [-0.4, -0.2) is 29.0 Å². The van der Waals surface area contributed by atoms with Gasteiger partial charge in [-0.3, -0.25) is 0 Å². The van der Waals surface area contributed by atoms with Gasteiger partial charge in [-0.2, -0.15) is 0 Å². The van der Waals surface area contributed by atoms with Crippen molar-refractivity contribution in [1.29, 1.82) is 0 Å². The predicted molar refractivity (Wildman–Crippen MR) is 55.3 cm³/mol. The van der Waals surface area contributed by atoms with Crippen LogP contribution < -0.4 is 0 Å². The fourth-order valence-electron chi connectivity index (χ4n) is 1.44. The molecular weight excluding hydrogens is 278 g/mol. The second-order valence-corrected chi connectivity index (χ2v) is 6.91. The second-order valence-electron chi connectivity index (χ2n) is 2.71. The van der Waals surface area contributed by atoms with E-state index >= 15 is 0 Å². The zero-order valence-electron chi connectivity index (χ0n) is 6.28. The summed E-state index contributed by atoms with van der Waals surface area (Å²) in [4.78, 5) is 2.34. The number of hydrogen-bond acceptors (Lipinski definition) is 0. The quantitative estimate of drug-likeness (QED) is 0.555. The molecule has 2 heteroatoms. The average Bonchev–Trinajstić information content (AvgIpc) is 2.62. The van der Waals surface area contributed by atoms with Crippen molar-refractivity contribution in [1.82, 2.24) is 0 Å². The number of fused-ring (bicyclic) bond motifs is 3. The van der Waals surface area contributed by atoms with E-state index in [9.17, 15) is 0 Å². The molecule has 0 aliphatic rings. The summed E-state index contributed by atoms with van der Waals surface area (Å²) in [7, 11) is 0. The summed E-state index contributed by atoms with van der Waals surface area (Å²) in [6.45, 7) is 0. The molecule has 3 aromatic rings. The number of benzene rings is 1. The van der Waals surface area contributed by atoms with Crippen LogP contribution in [0.3, 0.4) is 0 Å². The van der Waals surface area contributed by atoms with E-state index in [-0.39, 0.29) is 0 Å². The topological polar surface area (TPSA) is 0 Å². The summed E-state index contributed by atoms with van der Waals surface area (Å²) in [5, 5.41) is 1.54. The summed E-state index contributed by atoms with van der Waals surface area (Å²) in [6.07, 6.45) is 0. The zero-order valence-corrected chi connectivity index (χ0v) is 9.71. The molecule has 12 heavy (non-hydrogen) atoms. The first-order chi connectivity index (χ1) is 5.95. The van der Waals surface area contributed by atoms with Gasteiger partial charge in [-0.1, -0.05) is 0 Å². The van der Waals surface area contributed by atoms with Gasteiger partial charge in [-0.05, 0) is 0 Å². The third kappa shape index (κ3) is 0.901. The molecule has 0 nitrogen and oxygen atoms in total. The van der Waals surface area contributed by atoms with Crippen molar-refractivity contribution in [3.8, 4) is 0 Å². The van der Waals surface area contributed by atoms with Crippen molar-refractivity contribution in [2.75, 3.05) is 0 Å². The first-order valence-corrected chi connectivity index (χ1v) is 7.36. The van der Waals surface area contributed by atoms with Gasteiger partial charge in [0.25, 0.3) is 0 Å². The number of hydrogen-bond donors (Lipinski definition) is 0. The Morgan fingerprint density at radius 2 is 1.83 bits per heavy atom. The summed E-state index contributed by atoms with van der Waals surface area (Å²) in [5.74, 6) is 0. The molecule has 0 aliphatic heterocycles. The first-order valence-electron chi connectivity index (χ1n) is 3.80. The molecule has 0 radical (unpaired) electrons. The Kier molecular flexibility index (Phi) is 1.56. The van der Waals surface area contributed by atoms with Gasteiger partial charge in [0.15, 0.2) is 0 Å². The Balaban J connectivity index is 2.68. The molecular formula is C10H6Se2. The molecule has 0 fully saturated rings. The summed E-state index contributed by atoms with van der Waals surface area (Å²) < 4.78 is 4.86. The minimum absolute atomic E-state index is 0.612. The Labute approximate surface area is 82.3 Å². The van der Waals surface area contributed by atoms with Crippen LogP contribution in [-0.2, 0) is 0 Å². The molecule has 0 N–H and O–H groups in total. The van der Waals surface area contributed by atoms with Crippen molar-refractivity contribution < 1.29 is 0 Å². The van der Waals surface area contributed by atoms with E-state index in [0.717, 1.165) is 0 Å². The summed E-state index contributed by atoms with van der Waals surface area (Å²) in [6, 6.07) is 11.2. The van der Waals surface area contributed by atoms with E-state index < -0.39 is 0 Å². The fraction of sp³-hybridized carbons (Fsp3) is 0. The van der Waals surface area contributed by atoms with Crippen LogP contribution in [0, 0.1) is 0 Å². The average molecular weight is 284 g/mol. The van der Waals surface area contributed by atoms with Crippen molar-refractivity contribution in [2.45, 2.75) is 0 Å². The maximum atomic E-state index is 2.34. The van der Waals surface area contributed by atoms with Crippen LogP contribution in [0.1, 0.15) is 0 Å². The standard InChI is InChI=1S/C10H6Se2/c1-2-4-8-7(3-1)10-9(12-8)5-6-11-10/h1-6H. The Bertz CT molecular complexity index is 530. The third-order valence-corrected chi connectivity index (χ3v) is 7.01. The Morgan fingerprint density at radius 3 is 2.83 bits per heavy atom. The Morgan fingerprint density at radius 1 is 0.917 bits per heavy atom. The summed E-state index contributed by atoms with van der Waals surface area (Å²) in [5.41, 5.74) is 0. The monoisotopic (exact) mass is 286 g/mol. The van der Waals surface area contributed by atoms with Gasteiger partial charge in [0.1, 0.15) is 0 Å². The maximum absolute atomic E-state index is 2.34. The molecule has 0 aliphatic carbocycles. The molecule has 0 unspecified atom stereocenters. The van der Waals surface area contributed by atoms with E-state index in [2.05, 4.69) is 35.3 Å². The second kappa shape index (κ2) is 2.61. The normalized spacial score (nSPS) is 11.3.